The van der Waals surface area contributed by atoms with E-state index in [0.717, 1.165) is 4.90 Å². The largest absolute Gasteiger partial charge is 0.274 e. The van der Waals surface area contributed by atoms with Gasteiger partial charge in [0.25, 0.3) is 0 Å². The van der Waals surface area contributed by atoms with Crippen LogP contribution in [0.3, 0.4) is 0 Å². The molecule has 0 fully saturated rings. The van der Waals surface area contributed by atoms with Crippen molar-refractivity contribution >= 4 is 11.9 Å². The first kappa shape index (κ1) is 7.13. The molecule has 10 heavy (non-hydrogen) atoms. The summed E-state index contributed by atoms with van der Waals surface area (Å²) < 4.78 is 0. The maximum atomic E-state index is 8.41. The molecule has 1 aromatic rings. The van der Waals surface area contributed by atoms with Gasteiger partial charge in [-0.2, -0.15) is 5.26 Å². The monoisotopic (exact) mass is 150 g/mol. The van der Waals surface area contributed by atoms with Gasteiger partial charge in [-0.25, -0.2) is 0 Å². The van der Waals surface area contributed by atoms with Gasteiger partial charge in [-0.1, -0.05) is 0 Å². The highest BCUT2D eigenvalue weighted by atomic mass is 32.2. The minimum absolute atomic E-state index is 0.665. The second kappa shape index (κ2) is 3.25. The van der Waals surface area contributed by atoms with E-state index in [-0.39, 0.29) is 0 Å². The molecule has 0 unspecified atom stereocenters. The maximum absolute atomic E-state index is 8.41. The van der Waals surface area contributed by atoms with Crippen LogP contribution in [0.15, 0.2) is 29.2 Å². The van der Waals surface area contributed by atoms with Gasteiger partial charge >= 0.3 is 0 Å². The van der Waals surface area contributed by atoms with Crippen LogP contribution in [-0.2, 0) is 0 Å². The number of rotatable bonds is 1. The molecule has 3 heteroatoms. The standard InChI is InChI=1S/C7H6N2S/c8-5-6-1-3-7(10-9)4-2-6/h1-4H,9H2. The van der Waals surface area contributed by atoms with E-state index in [4.69, 9.17) is 10.4 Å². The first-order valence-electron chi connectivity index (χ1n) is 2.73. The van der Waals surface area contributed by atoms with Crippen LogP contribution in [0.25, 0.3) is 0 Å². The van der Waals surface area contributed by atoms with Gasteiger partial charge in [-0.3, -0.25) is 5.14 Å². The molecule has 2 N–H and O–H groups in total. The molecule has 0 atom stereocenters. The fourth-order valence-corrected chi connectivity index (χ4v) is 0.901. The number of hydrogen-bond acceptors (Lipinski definition) is 3. The van der Waals surface area contributed by atoms with Crippen molar-refractivity contribution in [2.24, 2.45) is 5.14 Å². The van der Waals surface area contributed by atoms with Crippen molar-refractivity contribution in [2.45, 2.75) is 4.90 Å². The van der Waals surface area contributed by atoms with E-state index in [2.05, 4.69) is 0 Å². The first-order valence-corrected chi connectivity index (χ1v) is 3.61. The zero-order valence-electron chi connectivity index (χ0n) is 5.24. The summed E-state index contributed by atoms with van der Waals surface area (Å²) in [5.41, 5.74) is 0.665. The minimum Gasteiger partial charge on any atom is -0.274 e. The summed E-state index contributed by atoms with van der Waals surface area (Å²) in [6.07, 6.45) is 0. The minimum atomic E-state index is 0.665. The van der Waals surface area contributed by atoms with Gasteiger partial charge < -0.3 is 0 Å². The van der Waals surface area contributed by atoms with E-state index in [1.165, 1.54) is 11.9 Å². The van der Waals surface area contributed by atoms with Crippen LogP contribution in [0.1, 0.15) is 5.56 Å². The number of hydrogen-bond donors (Lipinski definition) is 1. The molecule has 0 spiro atoms. The molecule has 0 radical (unpaired) electrons. The summed E-state index contributed by atoms with van der Waals surface area (Å²) in [5, 5.41) is 13.7. The predicted molar refractivity (Wildman–Crippen MR) is 41.2 cm³/mol. The fraction of sp³-hybridized carbons (Fsp3) is 0. The predicted octanol–water partition coefficient (Wildman–Crippen LogP) is 1.52. The van der Waals surface area contributed by atoms with E-state index in [1.54, 1.807) is 12.1 Å². The topological polar surface area (TPSA) is 49.8 Å². The van der Waals surface area contributed by atoms with Gasteiger partial charge in [0.2, 0.25) is 0 Å². The van der Waals surface area contributed by atoms with Crippen LogP contribution in [0.5, 0.6) is 0 Å². The average Bonchev–Trinajstić information content (AvgIpc) is 2.05. The molecule has 0 aliphatic heterocycles. The van der Waals surface area contributed by atoms with E-state index >= 15 is 0 Å². The highest BCUT2D eigenvalue weighted by Gasteiger charge is 1.89. The van der Waals surface area contributed by atoms with Crippen LogP contribution in [0.2, 0.25) is 0 Å². The van der Waals surface area contributed by atoms with Crippen LogP contribution in [0, 0.1) is 11.3 Å². The summed E-state index contributed by atoms with van der Waals surface area (Å²) in [4.78, 5) is 0.971. The number of benzene rings is 1. The molecule has 0 amide bonds. The van der Waals surface area contributed by atoms with Gasteiger partial charge in [0.1, 0.15) is 0 Å². The number of nitriles is 1. The number of nitrogens with two attached hydrogens (primary N) is 1. The molecule has 0 heterocycles. The van der Waals surface area contributed by atoms with Gasteiger partial charge in [0.15, 0.2) is 0 Å². The van der Waals surface area contributed by atoms with Gasteiger partial charge in [0, 0.05) is 4.90 Å². The van der Waals surface area contributed by atoms with Crippen molar-refractivity contribution in [1.82, 2.24) is 0 Å². The van der Waals surface area contributed by atoms with Crippen molar-refractivity contribution in [3.63, 3.8) is 0 Å². The maximum Gasteiger partial charge on any atom is 0.0991 e. The zero-order valence-corrected chi connectivity index (χ0v) is 6.06. The summed E-state index contributed by atoms with van der Waals surface area (Å²) in [7, 11) is 0. The summed E-state index contributed by atoms with van der Waals surface area (Å²) in [5.74, 6) is 0. The number of nitrogens with zero attached hydrogens (tertiary/aromatic N) is 1. The third-order valence-corrected chi connectivity index (χ3v) is 1.66. The molecule has 0 saturated carbocycles. The van der Waals surface area contributed by atoms with Crippen LogP contribution < -0.4 is 5.14 Å². The Morgan fingerprint density at radius 1 is 1.30 bits per heavy atom. The van der Waals surface area contributed by atoms with Crippen molar-refractivity contribution in [2.75, 3.05) is 0 Å². The molecule has 1 aromatic carbocycles. The van der Waals surface area contributed by atoms with Gasteiger partial charge in [-0.05, 0) is 36.2 Å². The lowest BCUT2D eigenvalue weighted by atomic mass is 10.2. The zero-order chi connectivity index (χ0) is 7.40. The van der Waals surface area contributed by atoms with Crippen LogP contribution in [-0.4, -0.2) is 0 Å². The molecule has 1 rings (SSSR count). The molecular weight excluding hydrogens is 144 g/mol. The molecule has 0 aliphatic rings. The second-order valence-electron chi connectivity index (χ2n) is 1.75. The van der Waals surface area contributed by atoms with Crippen LogP contribution in [0.4, 0.5) is 0 Å². The quantitative estimate of drug-likeness (QED) is 0.617. The van der Waals surface area contributed by atoms with E-state index < -0.39 is 0 Å². The fourth-order valence-electron chi connectivity index (χ4n) is 0.608. The van der Waals surface area contributed by atoms with Gasteiger partial charge in [-0.15, -0.1) is 0 Å². The average molecular weight is 150 g/mol. The van der Waals surface area contributed by atoms with Crippen LogP contribution >= 0.6 is 11.9 Å². The SMILES string of the molecule is N#Cc1ccc(SN)cc1. The molecule has 2 nitrogen and oxygen atoms in total. The van der Waals surface area contributed by atoms with E-state index in [9.17, 15) is 0 Å². The first-order chi connectivity index (χ1) is 4.86. The highest BCUT2D eigenvalue weighted by Crippen LogP contribution is 2.11. The Labute approximate surface area is 63.8 Å². The lowest BCUT2D eigenvalue weighted by Gasteiger charge is -1.92. The summed E-state index contributed by atoms with van der Waals surface area (Å²) in [6, 6.07) is 9.16. The Balaban J connectivity index is 2.93. The second-order valence-corrected chi connectivity index (χ2v) is 2.46. The smallest absolute Gasteiger partial charge is 0.0991 e. The lowest BCUT2D eigenvalue weighted by molar-refractivity contribution is 1.41. The third kappa shape index (κ3) is 1.50. The molecule has 50 valence electrons. The van der Waals surface area contributed by atoms with Crippen molar-refractivity contribution in [3.05, 3.63) is 29.8 Å². The van der Waals surface area contributed by atoms with Crippen molar-refractivity contribution < 1.29 is 0 Å². The Kier molecular flexibility index (Phi) is 2.32. The van der Waals surface area contributed by atoms with E-state index in [0.29, 0.717) is 5.56 Å². The molecule has 0 saturated heterocycles. The molecule has 0 bridgehead atoms. The highest BCUT2D eigenvalue weighted by molar-refractivity contribution is 7.97. The normalized spacial score (nSPS) is 8.80. The third-order valence-electron chi connectivity index (χ3n) is 1.12. The Morgan fingerprint density at radius 3 is 2.30 bits per heavy atom. The molecular formula is C7H6N2S. The Hall–Kier alpha value is -0.980. The summed E-state index contributed by atoms with van der Waals surface area (Å²) in [6.45, 7) is 0. The van der Waals surface area contributed by atoms with E-state index in [1.807, 2.05) is 18.2 Å². The Morgan fingerprint density at radius 2 is 1.90 bits per heavy atom. The lowest BCUT2D eigenvalue weighted by Crippen LogP contribution is -1.79. The summed E-state index contributed by atoms with van der Waals surface area (Å²) >= 11 is 1.18. The Bertz CT molecular complexity index is 247. The molecule has 0 aromatic heterocycles. The van der Waals surface area contributed by atoms with Crippen molar-refractivity contribution in [1.29, 1.82) is 5.26 Å². The van der Waals surface area contributed by atoms with Gasteiger partial charge in [0.05, 0.1) is 11.6 Å². The van der Waals surface area contributed by atoms with Crippen molar-refractivity contribution in [3.8, 4) is 6.07 Å². The molecule has 0 aliphatic carbocycles.